The molecule has 0 aliphatic heterocycles. The minimum Gasteiger partial charge on any atom is -0.360 e. The fraction of sp³-hybridized carbons (Fsp3) is 0.292. The molecule has 4 rings (SSSR count). The minimum atomic E-state index is -0.411. The van der Waals surface area contributed by atoms with Gasteiger partial charge in [0, 0.05) is 11.6 Å². The van der Waals surface area contributed by atoms with Crippen LogP contribution in [0.1, 0.15) is 58.6 Å². The van der Waals surface area contributed by atoms with Crippen molar-refractivity contribution in [1.29, 1.82) is 0 Å². The number of carbonyl (C=O) groups excluding carboxylic acids is 2. The predicted octanol–water partition coefficient (Wildman–Crippen LogP) is 5.62. The van der Waals surface area contributed by atoms with Crippen LogP contribution in [0.15, 0.2) is 53.1 Å². The van der Waals surface area contributed by atoms with E-state index in [-0.39, 0.29) is 17.5 Å². The molecule has 0 atom stereocenters. The summed E-state index contributed by atoms with van der Waals surface area (Å²) >= 11 is 6.30. The number of hydrogen-bond donors (Lipinski definition) is 2. The number of rotatable bonds is 5. The summed E-state index contributed by atoms with van der Waals surface area (Å²) in [6.45, 7) is 1.67. The lowest BCUT2D eigenvalue weighted by atomic mass is 9.95. The van der Waals surface area contributed by atoms with Gasteiger partial charge in [-0.3, -0.25) is 9.59 Å². The van der Waals surface area contributed by atoms with Gasteiger partial charge in [0.1, 0.15) is 17.0 Å². The Bertz CT molecular complexity index is 1100. The van der Waals surface area contributed by atoms with Crippen LogP contribution in [0, 0.1) is 6.92 Å². The molecule has 7 heteroatoms. The highest BCUT2D eigenvalue weighted by atomic mass is 35.5. The average Bonchev–Trinajstić information content (AvgIpc) is 3.16. The monoisotopic (exact) mass is 437 g/mol. The molecule has 1 aliphatic carbocycles. The van der Waals surface area contributed by atoms with Gasteiger partial charge in [-0.15, -0.1) is 0 Å². The summed E-state index contributed by atoms with van der Waals surface area (Å²) in [5.74, 6) is -0.223. The summed E-state index contributed by atoms with van der Waals surface area (Å²) in [6.07, 6.45) is 5.44. The smallest absolute Gasteiger partial charge is 0.261 e. The van der Waals surface area contributed by atoms with Gasteiger partial charge in [0.2, 0.25) is 0 Å². The van der Waals surface area contributed by atoms with Crippen LogP contribution in [0.3, 0.4) is 0 Å². The predicted molar refractivity (Wildman–Crippen MR) is 120 cm³/mol. The fourth-order valence-corrected chi connectivity index (χ4v) is 4.19. The molecular formula is C24H24ClN3O3. The van der Waals surface area contributed by atoms with Crippen molar-refractivity contribution in [2.24, 2.45) is 0 Å². The summed E-state index contributed by atoms with van der Waals surface area (Å²) in [7, 11) is 0. The number of amides is 2. The Morgan fingerprint density at radius 1 is 1.00 bits per heavy atom. The molecule has 0 saturated heterocycles. The van der Waals surface area contributed by atoms with Gasteiger partial charge < -0.3 is 15.2 Å². The molecule has 1 heterocycles. The molecule has 0 bridgehead atoms. The maximum Gasteiger partial charge on any atom is 0.261 e. The van der Waals surface area contributed by atoms with Gasteiger partial charge in [0.25, 0.3) is 11.8 Å². The number of aryl methyl sites for hydroxylation is 1. The van der Waals surface area contributed by atoms with E-state index in [1.807, 2.05) is 6.07 Å². The quantitative estimate of drug-likeness (QED) is 0.542. The Morgan fingerprint density at radius 3 is 2.48 bits per heavy atom. The van der Waals surface area contributed by atoms with Crippen LogP contribution < -0.4 is 10.6 Å². The van der Waals surface area contributed by atoms with Gasteiger partial charge in [0.15, 0.2) is 0 Å². The summed E-state index contributed by atoms with van der Waals surface area (Å²) in [5, 5.41) is 10.5. The molecule has 1 saturated carbocycles. The number of carbonyl (C=O) groups is 2. The molecule has 1 aliphatic rings. The lowest BCUT2D eigenvalue weighted by Crippen LogP contribution is -2.36. The Labute approximate surface area is 186 Å². The normalized spacial score (nSPS) is 14.3. The average molecular weight is 438 g/mol. The minimum absolute atomic E-state index is 0.178. The van der Waals surface area contributed by atoms with Gasteiger partial charge in [0.05, 0.1) is 16.3 Å². The van der Waals surface area contributed by atoms with Crippen LogP contribution in [0.25, 0.3) is 11.3 Å². The van der Waals surface area contributed by atoms with Crippen molar-refractivity contribution in [3.8, 4) is 11.3 Å². The first-order chi connectivity index (χ1) is 15.0. The van der Waals surface area contributed by atoms with Crippen LogP contribution >= 0.6 is 11.6 Å². The van der Waals surface area contributed by atoms with E-state index in [1.165, 1.54) is 6.42 Å². The first kappa shape index (κ1) is 21.1. The number of halogens is 1. The van der Waals surface area contributed by atoms with E-state index in [1.54, 1.807) is 49.4 Å². The topological polar surface area (TPSA) is 84.2 Å². The number of hydrogen-bond acceptors (Lipinski definition) is 4. The highest BCUT2D eigenvalue weighted by molar-refractivity contribution is 6.33. The fourth-order valence-electron chi connectivity index (χ4n) is 3.96. The third-order valence-electron chi connectivity index (χ3n) is 5.58. The number of aromatic nitrogens is 1. The Hall–Kier alpha value is -3.12. The Balaban J connectivity index is 1.59. The number of benzene rings is 2. The highest BCUT2D eigenvalue weighted by Gasteiger charge is 2.25. The third kappa shape index (κ3) is 4.64. The zero-order chi connectivity index (χ0) is 21.8. The van der Waals surface area contributed by atoms with Crippen LogP contribution in [0.2, 0.25) is 5.02 Å². The van der Waals surface area contributed by atoms with E-state index in [2.05, 4.69) is 15.8 Å². The van der Waals surface area contributed by atoms with Crippen LogP contribution in [0.5, 0.6) is 0 Å². The number of nitrogens with zero attached hydrogens (tertiary/aromatic N) is 1. The highest BCUT2D eigenvalue weighted by Crippen LogP contribution is 2.31. The maximum absolute atomic E-state index is 13.2. The molecule has 2 amide bonds. The number of nitrogens with one attached hydrogen (secondary N) is 2. The lowest BCUT2D eigenvalue weighted by molar-refractivity contribution is 0.0928. The van der Waals surface area contributed by atoms with Crippen molar-refractivity contribution in [3.63, 3.8) is 0 Å². The molecule has 1 aromatic heterocycles. The summed E-state index contributed by atoms with van der Waals surface area (Å²) in [4.78, 5) is 26.1. The molecule has 2 aromatic carbocycles. The van der Waals surface area contributed by atoms with Gasteiger partial charge >= 0.3 is 0 Å². The van der Waals surface area contributed by atoms with E-state index < -0.39 is 5.91 Å². The van der Waals surface area contributed by atoms with Gasteiger partial charge in [-0.05, 0) is 38.0 Å². The summed E-state index contributed by atoms with van der Waals surface area (Å²) < 4.78 is 5.29. The molecule has 160 valence electrons. The maximum atomic E-state index is 13.2. The molecule has 6 nitrogen and oxygen atoms in total. The second-order valence-corrected chi connectivity index (χ2v) is 8.16. The van der Waals surface area contributed by atoms with E-state index in [4.69, 9.17) is 16.1 Å². The zero-order valence-corrected chi connectivity index (χ0v) is 18.0. The van der Waals surface area contributed by atoms with E-state index in [0.29, 0.717) is 33.3 Å². The van der Waals surface area contributed by atoms with Crippen molar-refractivity contribution in [1.82, 2.24) is 10.5 Å². The van der Waals surface area contributed by atoms with E-state index >= 15 is 0 Å². The van der Waals surface area contributed by atoms with Crippen LogP contribution in [-0.2, 0) is 0 Å². The Kier molecular flexibility index (Phi) is 6.37. The van der Waals surface area contributed by atoms with Gasteiger partial charge in [-0.2, -0.15) is 0 Å². The molecule has 31 heavy (non-hydrogen) atoms. The third-order valence-corrected chi connectivity index (χ3v) is 5.91. The van der Waals surface area contributed by atoms with Gasteiger partial charge in [-0.1, -0.05) is 66.4 Å². The zero-order valence-electron chi connectivity index (χ0n) is 17.3. The molecule has 0 radical (unpaired) electrons. The van der Waals surface area contributed by atoms with Crippen molar-refractivity contribution in [2.75, 3.05) is 5.32 Å². The molecular weight excluding hydrogens is 414 g/mol. The standard InChI is InChI=1S/C24H24ClN3O3/c1-15-21(22(28-31-15)17-11-5-7-13-19(17)25)24(30)27-20-14-8-6-12-18(20)23(29)26-16-9-3-2-4-10-16/h5-8,11-14,16H,2-4,9-10H2,1H3,(H,26,29)(H,27,30). The second-order valence-electron chi connectivity index (χ2n) is 7.75. The second kappa shape index (κ2) is 9.35. The molecule has 1 fully saturated rings. The van der Waals surface area contributed by atoms with E-state index in [9.17, 15) is 9.59 Å². The molecule has 3 aromatic rings. The molecule has 0 unspecified atom stereocenters. The SMILES string of the molecule is Cc1onc(-c2ccccc2Cl)c1C(=O)Nc1ccccc1C(=O)NC1CCCCC1. The van der Waals surface area contributed by atoms with E-state index in [0.717, 1.165) is 25.7 Å². The van der Waals surface area contributed by atoms with Gasteiger partial charge in [-0.25, -0.2) is 0 Å². The molecule has 0 spiro atoms. The van der Waals surface area contributed by atoms with Crippen molar-refractivity contribution >= 4 is 29.1 Å². The first-order valence-electron chi connectivity index (χ1n) is 10.5. The first-order valence-corrected chi connectivity index (χ1v) is 10.8. The van der Waals surface area contributed by atoms with Crippen molar-refractivity contribution < 1.29 is 14.1 Å². The summed E-state index contributed by atoms with van der Waals surface area (Å²) in [6, 6.07) is 14.3. The number of anilines is 1. The van der Waals surface area contributed by atoms with Crippen molar-refractivity contribution in [2.45, 2.75) is 45.1 Å². The van der Waals surface area contributed by atoms with Crippen LogP contribution in [-0.4, -0.2) is 23.0 Å². The van der Waals surface area contributed by atoms with Crippen molar-refractivity contribution in [3.05, 3.63) is 70.4 Å². The van der Waals surface area contributed by atoms with Crippen LogP contribution in [0.4, 0.5) is 5.69 Å². The lowest BCUT2D eigenvalue weighted by Gasteiger charge is -2.23. The molecule has 2 N–H and O–H groups in total. The summed E-state index contributed by atoms with van der Waals surface area (Å²) in [5.41, 5.74) is 2.12. The largest absolute Gasteiger partial charge is 0.360 e. The number of para-hydroxylation sites is 1. The Morgan fingerprint density at radius 2 is 1.71 bits per heavy atom.